The van der Waals surface area contributed by atoms with Gasteiger partial charge in [-0.05, 0) is 36.8 Å². The van der Waals surface area contributed by atoms with E-state index in [0.29, 0.717) is 11.6 Å². The molecule has 4 rings (SSSR count). The van der Waals surface area contributed by atoms with Crippen LogP contribution >= 0.6 is 35.6 Å². The Labute approximate surface area is 198 Å². The first-order valence-corrected chi connectivity index (χ1v) is 10.0. The zero-order valence-electron chi connectivity index (χ0n) is 16.7. The van der Waals surface area contributed by atoms with Crippen LogP contribution in [-0.2, 0) is 6.54 Å². The van der Waals surface area contributed by atoms with Gasteiger partial charge in [-0.2, -0.15) is 5.10 Å². The highest BCUT2D eigenvalue weighted by Crippen LogP contribution is 2.25. The van der Waals surface area contributed by atoms with Crippen LogP contribution < -0.4 is 15.5 Å². The molecule has 1 unspecified atom stereocenters. The molecule has 9 heteroatoms. The molecule has 0 spiro atoms. The van der Waals surface area contributed by atoms with Gasteiger partial charge in [0.25, 0.3) is 0 Å². The van der Waals surface area contributed by atoms with E-state index in [-0.39, 0.29) is 30.0 Å². The number of halogens is 2. The minimum Gasteiger partial charge on any atom is -0.353 e. The second kappa shape index (κ2) is 10.6. The van der Waals surface area contributed by atoms with E-state index >= 15 is 0 Å². The molecule has 0 aliphatic carbocycles. The fraction of sp³-hybridized carbons (Fsp3) is 0.286. The first-order valence-electron chi connectivity index (χ1n) is 9.65. The largest absolute Gasteiger partial charge is 0.353 e. The second-order valence-electron chi connectivity index (χ2n) is 6.90. The van der Waals surface area contributed by atoms with Gasteiger partial charge in [0.2, 0.25) is 0 Å². The molecule has 3 aromatic rings. The number of nitrogens with one attached hydrogen (secondary N) is 2. The Balaban J connectivity index is 0.00000256. The quantitative estimate of drug-likeness (QED) is 0.296. The zero-order chi connectivity index (χ0) is 20.1. The summed E-state index contributed by atoms with van der Waals surface area (Å²) in [6, 6.07) is 16.1. The minimum atomic E-state index is 0. The molecule has 1 aromatic carbocycles. The first-order chi connectivity index (χ1) is 14.2. The van der Waals surface area contributed by atoms with E-state index in [0.717, 1.165) is 42.7 Å². The molecule has 0 radical (unpaired) electrons. The van der Waals surface area contributed by atoms with Crippen LogP contribution in [-0.4, -0.2) is 46.9 Å². The van der Waals surface area contributed by atoms with E-state index in [2.05, 4.69) is 30.6 Å². The number of aromatic nitrogens is 3. The molecule has 1 atom stereocenters. The van der Waals surface area contributed by atoms with Crippen LogP contribution in [0.4, 0.5) is 5.82 Å². The Morgan fingerprint density at radius 2 is 2.03 bits per heavy atom. The van der Waals surface area contributed by atoms with Gasteiger partial charge in [0.1, 0.15) is 5.82 Å². The van der Waals surface area contributed by atoms with Crippen LogP contribution in [0.2, 0.25) is 5.02 Å². The van der Waals surface area contributed by atoms with Crippen LogP contribution in [0.15, 0.2) is 65.9 Å². The lowest BCUT2D eigenvalue weighted by Crippen LogP contribution is -2.44. The predicted octanol–water partition coefficient (Wildman–Crippen LogP) is 3.48. The van der Waals surface area contributed by atoms with E-state index in [4.69, 9.17) is 11.6 Å². The summed E-state index contributed by atoms with van der Waals surface area (Å²) in [4.78, 5) is 11.0. The standard InChI is InChI=1S/C21H24ClN7.HI/c1-23-21(25-14-16-10-13-29(27-16)18-6-3-2-4-7-18)26-17-9-12-28(15-17)20-19(22)8-5-11-24-20;/h2-8,10-11,13,17H,9,12,14-15H2,1H3,(H2,23,25,26);1H. The highest BCUT2D eigenvalue weighted by Gasteiger charge is 2.25. The number of guanidine groups is 1. The molecule has 1 saturated heterocycles. The molecule has 2 N–H and O–H groups in total. The van der Waals surface area contributed by atoms with Gasteiger partial charge in [-0.15, -0.1) is 24.0 Å². The van der Waals surface area contributed by atoms with Gasteiger partial charge in [0.15, 0.2) is 5.96 Å². The fourth-order valence-corrected chi connectivity index (χ4v) is 3.66. The monoisotopic (exact) mass is 537 g/mol. The molecule has 1 aliphatic heterocycles. The van der Waals surface area contributed by atoms with Crippen molar-refractivity contribution >= 4 is 47.4 Å². The van der Waals surface area contributed by atoms with Crippen molar-refractivity contribution in [3.63, 3.8) is 0 Å². The molecule has 2 aromatic heterocycles. The Morgan fingerprint density at radius 3 is 2.80 bits per heavy atom. The van der Waals surface area contributed by atoms with E-state index in [1.807, 2.05) is 59.4 Å². The average Bonchev–Trinajstić information content (AvgIpc) is 3.42. The maximum Gasteiger partial charge on any atom is 0.191 e. The van der Waals surface area contributed by atoms with Crippen LogP contribution in [0.25, 0.3) is 5.69 Å². The van der Waals surface area contributed by atoms with Crippen molar-refractivity contribution in [1.82, 2.24) is 25.4 Å². The van der Waals surface area contributed by atoms with Crippen molar-refractivity contribution in [2.75, 3.05) is 25.0 Å². The van der Waals surface area contributed by atoms with Crippen molar-refractivity contribution in [2.24, 2.45) is 4.99 Å². The Hall–Kier alpha value is -2.33. The highest BCUT2D eigenvalue weighted by atomic mass is 127. The summed E-state index contributed by atoms with van der Waals surface area (Å²) in [5, 5.41) is 12.1. The molecular weight excluding hydrogens is 513 g/mol. The van der Waals surface area contributed by atoms with E-state index < -0.39 is 0 Å². The topological polar surface area (TPSA) is 70.4 Å². The second-order valence-corrected chi connectivity index (χ2v) is 7.30. The SMILES string of the molecule is CN=C(NCc1ccn(-c2ccccc2)n1)NC1CCN(c2ncccc2Cl)C1.I. The average molecular weight is 538 g/mol. The maximum atomic E-state index is 6.28. The molecule has 30 heavy (non-hydrogen) atoms. The summed E-state index contributed by atoms with van der Waals surface area (Å²) in [5.41, 5.74) is 1.99. The lowest BCUT2D eigenvalue weighted by atomic mass is 10.3. The van der Waals surface area contributed by atoms with Gasteiger partial charge < -0.3 is 15.5 Å². The van der Waals surface area contributed by atoms with Crippen LogP contribution in [0, 0.1) is 0 Å². The van der Waals surface area contributed by atoms with Crippen molar-refractivity contribution in [3.8, 4) is 5.69 Å². The number of anilines is 1. The smallest absolute Gasteiger partial charge is 0.191 e. The van der Waals surface area contributed by atoms with Gasteiger partial charge in [-0.3, -0.25) is 4.99 Å². The third-order valence-corrected chi connectivity index (χ3v) is 5.19. The number of aliphatic imine (C=N–C) groups is 1. The van der Waals surface area contributed by atoms with Gasteiger partial charge in [-0.1, -0.05) is 29.8 Å². The third-order valence-electron chi connectivity index (χ3n) is 4.89. The van der Waals surface area contributed by atoms with Crippen LogP contribution in [0.5, 0.6) is 0 Å². The molecule has 0 saturated carbocycles. The minimum absolute atomic E-state index is 0. The molecule has 3 heterocycles. The van der Waals surface area contributed by atoms with Gasteiger partial charge >= 0.3 is 0 Å². The lowest BCUT2D eigenvalue weighted by Gasteiger charge is -2.20. The molecule has 158 valence electrons. The van der Waals surface area contributed by atoms with Crippen LogP contribution in [0.3, 0.4) is 0 Å². The summed E-state index contributed by atoms with van der Waals surface area (Å²) in [6.07, 6.45) is 4.74. The Morgan fingerprint density at radius 1 is 1.20 bits per heavy atom. The van der Waals surface area contributed by atoms with Crippen molar-refractivity contribution < 1.29 is 0 Å². The van der Waals surface area contributed by atoms with Gasteiger partial charge in [0.05, 0.1) is 22.9 Å². The summed E-state index contributed by atoms with van der Waals surface area (Å²) >= 11 is 6.28. The number of pyridine rings is 1. The normalized spacial score (nSPS) is 16.3. The number of rotatable bonds is 5. The highest BCUT2D eigenvalue weighted by molar-refractivity contribution is 14.0. The summed E-state index contributed by atoms with van der Waals surface area (Å²) in [5.74, 6) is 1.60. The Bertz CT molecular complexity index is 976. The molecule has 1 fully saturated rings. The van der Waals surface area contributed by atoms with Crippen molar-refractivity contribution in [3.05, 3.63) is 71.6 Å². The van der Waals surface area contributed by atoms with Gasteiger partial charge in [0, 0.05) is 38.6 Å². The summed E-state index contributed by atoms with van der Waals surface area (Å²) in [6.45, 7) is 2.34. The molecule has 0 amide bonds. The number of hydrogen-bond acceptors (Lipinski definition) is 4. The maximum absolute atomic E-state index is 6.28. The van der Waals surface area contributed by atoms with E-state index in [1.54, 1.807) is 13.2 Å². The predicted molar refractivity (Wildman–Crippen MR) is 132 cm³/mol. The summed E-state index contributed by atoms with van der Waals surface area (Å²) < 4.78 is 1.87. The third kappa shape index (κ3) is 5.42. The fourth-order valence-electron chi connectivity index (χ4n) is 3.42. The van der Waals surface area contributed by atoms with E-state index in [1.165, 1.54) is 0 Å². The van der Waals surface area contributed by atoms with Crippen molar-refractivity contribution in [2.45, 2.75) is 19.0 Å². The number of hydrogen-bond donors (Lipinski definition) is 2. The number of benzene rings is 1. The summed E-state index contributed by atoms with van der Waals surface area (Å²) in [7, 11) is 1.78. The number of nitrogens with zero attached hydrogens (tertiary/aromatic N) is 5. The molecular formula is C21H25ClIN7. The van der Waals surface area contributed by atoms with Crippen molar-refractivity contribution in [1.29, 1.82) is 0 Å². The zero-order valence-corrected chi connectivity index (χ0v) is 19.8. The van der Waals surface area contributed by atoms with Gasteiger partial charge in [-0.25, -0.2) is 9.67 Å². The van der Waals surface area contributed by atoms with Crippen LogP contribution in [0.1, 0.15) is 12.1 Å². The molecule has 1 aliphatic rings. The first kappa shape index (κ1) is 22.4. The lowest BCUT2D eigenvalue weighted by molar-refractivity contribution is 0.645. The van der Waals surface area contributed by atoms with E-state index in [9.17, 15) is 0 Å². The molecule has 0 bridgehead atoms. The molecule has 7 nitrogen and oxygen atoms in total. The number of para-hydroxylation sites is 1. The Kier molecular flexibility index (Phi) is 7.92.